The monoisotopic (exact) mass is 368 g/mol. The van der Waals surface area contributed by atoms with E-state index in [1.807, 2.05) is 0 Å². The van der Waals surface area contributed by atoms with Gasteiger partial charge in [0.15, 0.2) is 0 Å². The highest BCUT2D eigenvalue weighted by atomic mass is 32.1. The van der Waals surface area contributed by atoms with Crippen molar-refractivity contribution in [2.45, 2.75) is 25.7 Å². The van der Waals surface area contributed by atoms with Gasteiger partial charge in [-0.15, -0.1) is 0 Å². The molecule has 132 valence electrons. The quantitative estimate of drug-likeness (QED) is 0.394. The van der Waals surface area contributed by atoms with Crippen molar-refractivity contribution in [1.29, 1.82) is 0 Å². The topological polar surface area (TPSA) is 25.8 Å². The van der Waals surface area contributed by atoms with E-state index in [-0.39, 0.29) is 0 Å². The van der Waals surface area contributed by atoms with E-state index in [2.05, 4.69) is 81.5 Å². The molecule has 0 unspecified atom stereocenters. The average molecular weight is 369 g/mol. The molecule has 27 heavy (non-hydrogen) atoms. The zero-order chi connectivity index (χ0) is 18.1. The lowest BCUT2D eigenvalue weighted by Gasteiger charge is -2.12. The summed E-state index contributed by atoms with van der Waals surface area (Å²) in [4.78, 5) is 0. The van der Waals surface area contributed by atoms with Crippen LogP contribution < -0.4 is 0 Å². The van der Waals surface area contributed by atoms with E-state index >= 15 is 0 Å². The predicted molar refractivity (Wildman–Crippen MR) is 112 cm³/mol. The standard InChI is InChI=1S/C24H20N2S/c1-2-8-20-14-12-18-6-4-10-22(16-18)24-23(25-27-26-24)21-9-3-5-17(15-21)11-13-19(20)7-1/h1-10,15-16H,11-14H2. The molecule has 3 aromatic carbocycles. The maximum absolute atomic E-state index is 4.62. The van der Waals surface area contributed by atoms with Crippen LogP contribution in [0.25, 0.3) is 22.5 Å². The van der Waals surface area contributed by atoms with Crippen molar-refractivity contribution in [1.82, 2.24) is 8.75 Å². The average Bonchev–Trinajstić information content (AvgIpc) is 3.21. The Morgan fingerprint density at radius 2 is 1.07 bits per heavy atom. The Kier molecular flexibility index (Phi) is 4.30. The summed E-state index contributed by atoms with van der Waals surface area (Å²) in [5.41, 5.74) is 9.95. The Morgan fingerprint density at radius 3 is 1.59 bits per heavy atom. The van der Waals surface area contributed by atoms with Crippen LogP contribution in [0.1, 0.15) is 22.3 Å². The van der Waals surface area contributed by atoms with E-state index < -0.39 is 0 Å². The molecule has 1 aliphatic rings. The summed E-state index contributed by atoms with van der Waals surface area (Å²) in [6, 6.07) is 26.4. The number of aromatic nitrogens is 2. The third-order valence-corrected chi connectivity index (χ3v) is 5.90. The molecule has 3 heteroatoms. The van der Waals surface area contributed by atoms with Gasteiger partial charge in [0.05, 0.1) is 11.7 Å². The van der Waals surface area contributed by atoms with Gasteiger partial charge in [-0.3, -0.25) is 0 Å². The van der Waals surface area contributed by atoms with Crippen molar-refractivity contribution in [3.8, 4) is 22.5 Å². The summed E-state index contributed by atoms with van der Waals surface area (Å²) in [6.45, 7) is 0. The fraction of sp³-hybridized carbons (Fsp3) is 0.167. The van der Waals surface area contributed by atoms with E-state index in [4.69, 9.17) is 0 Å². The normalized spacial score (nSPS) is 13.3. The number of hydrogen-bond donors (Lipinski definition) is 0. The second-order valence-electron chi connectivity index (χ2n) is 7.13. The summed E-state index contributed by atoms with van der Waals surface area (Å²) in [5, 5.41) is 0. The van der Waals surface area contributed by atoms with Crippen LogP contribution in [0.4, 0.5) is 0 Å². The first-order valence-corrected chi connectivity index (χ1v) is 10.2. The maximum atomic E-state index is 4.62. The van der Waals surface area contributed by atoms with Crippen LogP contribution in [0.3, 0.4) is 0 Å². The van der Waals surface area contributed by atoms with Gasteiger partial charge in [-0.2, -0.15) is 8.75 Å². The van der Waals surface area contributed by atoms with Crippen LogP contribution in [0.5, 0.6) is 0 Å². The highest BCUT2D eigenvalue weighted by molar-refractivity contribution is 6.99. The summed E-state index contributed by atoms with van der Waals surface area (Å²) in [5.74, 6) is 0. The van der Waals surface area contributed by atoms with Gasteiger partial charge in [0.1, 0.15) is 11.4 Å². The second-order valence-corrected chi connectivity index (χ2v) is 7.66. The van der Waals surface area contributed by atoms with Crippen molar-refractivity contribution in [2.24, 2.45) is 0 Å². The molecule has 1 aliphatic carbocycles. The number of rotatable bonds is 0. The molecule has 0 atom stereocenters. The summed E-state index contributed by atoms with van der Waals surface area (Å²) in [7, 11) is 0. The van der Waals surface area contributed by atoms with Gasteiger partial charge in [0, 0.05) is 11.1 Å². The minimum Gasteiger partial charge on any atom is -0.172 e. The molecule has 0 amide bonds. The van der Waals surface area contributed by atoms with Gasteiger partial charge in [0.25, 0.3) is 0 Å². The fourth-order valence-electron chi connectivity index (χ4n) is 3.92. The Balaban J connectivity index is 1.66. The fourth-order valence-corrected chi connectivity index (χ4v) is 4.51. The van der Waals surface area contributed by atoms with Crippen molar-refractivity contribution < 1.29 is 0 Å². The number of nitrogens with zero attached hydrogens (tertiary/aromatic N) is 2. The van der Waals surface area contributed by atoms with E-state index in [1.165, 1.54) is 34.0 Å². The minimum absolute atomic E-state index is 0.997. The first-order chi connectivity index (χ1) is 13.4. The molecule has 4 aromatic rings. The molecule has 0 fully saturated rings. The van der Waals surface area contributed by atoms with Gasteiger partial charge < -0.3 is 0 Å². The lowest BCUT2D eigenvalue weighted by molar-refractivity contribution is 0.894. The van der Waals surface area contributed by atoms with Crippen LogP contribution in [0.2, 0.25) is 0 Å². The van der Waals surface area contributed by atoms with E-state index in [0.29, 0.717) is 0 Å². The minimum atomic E-state index is 0.997. The Hall–Kier alpha value is -2.78. The van der Waals surface area contributed by atoms with Crippen LogP contribution in [0, 0.1) is 0 Å². The highest BCUT2D eigenvalue weighted by Gasteiger charge is 2.14. The molecule has 1 heterocycles. The molecule has 0 spiro atoms. The summed E-state index contributed by atoms with van der Waals surface area (Å²) in [6.07, 6.45) is 4.23. The van der Waals surface area contributed by atoms with E-state index in [0.717, 1.165) is 48.2 Å². The molecule has 5 rings (SSSR count). The predicted octanol–water partition coefficient (Wildman–Crippen LogP) is 5.76. The molecular weight excluding hydrogens is 348 g/mol. The molecule has 0 N–H and O–H groups in total. The molecule has 4 bridgehead atoms. The third-order valence-electron chi connectivity index (χ3n) is 5.37. The molecule has 1 aromatic heterocycles. The third kappa shape index (κ3) is 3.31. The van der Waals surface area contributed by atoms with E-state index in [9.17, 15) is 0 Å². The van der Waals surface area contributed by atoms with Crippen molar-refractivity contribution in [3.63, 3.8) is 0 Å². The first-order valence-electron chi connectivity index (χ1n) is 9.45. The molecule has 0 saturated heterocycles. The van der Waals surface area contributed by atoms with Gasteiger partial charge in [-0.05, 0) is 60.1 Å². The molecule has 0 radical (unpaired) electrons. The first kappa shape index (κ1) is 16.4. The maximum Gasteiger partial charge on any atom is 0.112 e. The van der Waals surface area contributed by atoms with Crippen molar-refractivity contribution in [3.05, 3.63) is 95.1 Å². The van der Waals surface area contributed by atoms with Gasteiger partial charge in [-0.25, -0.2) is 0 Å². The summed E-state index contributed by atoms with van der Waals surface area (Å²) >= 11 is 1.30. The van der Waals surface area contributed by atoms with Crippen LogP contribution in [0.15, 0.2) is 72.8 Å². The summed E-state index contributed by atoms with van der Waals surface area (Å²) < 4.78 is 9.24. The lowest BCUT2D eigenvalue weighted by Crippen LogP contribution is -2.00. The molecule has 2 nitrogen and oxygen atoms in total. The highest BCUT2D eigenvalue weighted by Crippen LogP contribution is 2.32. The number of aryl methyl sites for hydroxylation is 4. The van der Waals surface area contributed by atoms with Gasteiger partial charge in [-0.1, -0.05) is 60.7 Å². The number of benzene rings is 3. The van der Waals surface area contributed by atoms with Crippen LogP contribution >= 0.6 is 11.7 Å². The SMILES string of the molecule is c1cc2cc(c1)-c1nsnc1-c1cccc(c1)CCc1ccccc1CC2. The van der Waals surface area contributed by atoms with Gasteiger partial charge in [0.2, 0.25) is 0 Å². The van der Waals surface area contributed by atoms with Gasteiger partial charge >= 0.3 is 0 Å². The van der Waals surface area contributed by atoms with Crippen molar-refractivity contribution >= 4 is 11.7 Å². The van der Waals surface area contributed by atoms with Crippen molar-refractivity contribution in [2.75, 3.05) is 0 Å². The smallest absolute Gasteiger partial charge is 0.112 e. The van der Waals surface area contributed by atoms with Crippen LogP contribution in [-0.2, 0) is 25.7 Å². The lowest BCUT2D eigenvalue weighted by atomic mass is 9.93. The number of fused-ring (bicyclic) bond motifs is 8. The largest absolute Gasteiger partial charge is 0.172 e. The zero-order valence-corrected chi connectivity index (χ0v) is 15.9. The molecule has 0 saturated carbocycles. The second kappa shape index (κ2) is 7.09. The zero-order valence-electron chi connectivity index (χ0n) is 15.1. The molecule has 0 aliphatic heterocycles. The van der Waals surface area contributed by atoms with E-state index in [1.54, 1.807) is 0 Å². The molecular formula is C24H20N2S. The Morgan fingerprint density at radius 1 is 0.556 bits per heavy atom. The Bertz CT molecular complexity index is 1010. The Labute approximate surface area is 163 Å². The van der Waals surface area contributed by atoms with Crippen LogP contribution in [-0.4, -0.2) is 8.75 Å². The number of hydrogen-bond acceptors (Lipinski definition) is 3.